The lowest BCUT2D eigenvalue weighted by Crippen LogP contribution is -2.46. The summed E-state index contributed by atoms with van der Waals surface area (Å²) in [5.41, 5.74) is 2.88. The number of hydrogen-bond acceptors (Lipinski definition) is 3. The fraction of sp³-hybridized carbons (Fsp3) is 0.217. The first-order chi connectivity index (χ1) is 14.2. The van der Waals surface area contributed by atoms with E-state index in [1.54, 1.807) is 12.1 Å². The average Bonchev–Trinajstić information content (AvgIpc) is 3.36. The van der Waals surface area contributed by atoms with E-state index < -0.39 is 6.04 Å². The molecule has 0 aliphatic heterocycles. The van der Waals surface area contributed by atoms with Crippen molar-refractivity contribution in [2.24, 2.45) is 0 Å². The number of carbonyl (C=O) groups excluding carboxylic acids is 2. The van der Waals surface area contributed by atoms with Crippen LogP contribution in [-0.4, -0.2) is 29.4 Å². The Morgan fingerprint density at radius 1 is 1.10 bits per heavy atom. The Balaban J connectivity index is 1.34. The first-order valence-corrected chi connectivity index (χ1v) is 9.78. The molecule has 6 nitrogen and oxygen atoms in total. The molecular weight excluding hydrogens is 366 g/mol. The van der Waals surface area contributed by atoms with Crippen molar-refractivity contribution in [3.8, 4) is 0 Å². The molecule has 0 saturated carbocycles. The lowest BCUT2D eigenvalue weighted by Gasteiger charge is -2.16. The van der Waals surface area contributed by atoms with Crippen molar-refractivity contribution in [3.05, 3.63) is 72.1 Å². The second-order valence-corrected chi connectivity index (χ2v) is 6.98. The number of fused-ring (bicyclic) bond motifs is 2. The maximum absolute atomic E-state index is 12.5. The van der Waals surface area contributed by atoms with Crippen LogP contribution < -0.4 is 10.6 Å². The predicted molar refractivity (Wildman–Crippen MR) is 113 cm³/mol. The van der Waals surface area contributed by atoms with Crippen molar-refractivity contribution in [3.63, 3.8) is 0 Å². The summed E-state index contributed by atoms with van der Waals surface area (Å²) < 4.78 is 5.58. The lowest BCUT2D eigenvalue weighted by molar-refractivity contribution is -0.123. The number of aromatic nitrogens is 1. The van der Waals surface area contributed by atoms with Crippen LogP contribution in [0.4, 0.5) is 0 Å². The Bertz CT molecular complexity index is 1130. The molecule has 29 heavy (non-hydrogen) atoms. The molecule has 148 valence electrons. The molecule has 0 bridgehead atoms. The Hall–Kier alpha value is -3.54. The fourth-order valence-corrected chi connectivity index (χ4v) is 3.46. The topological polar surface area (TPSA) is 87.1 Å². The van der Waals surface area contributed by atoms with Gasteiger partial charge >= 0.3 is 0 Å². The molecule has 1 atom stereocenters. The van der Waals surface area contributed by atoms with Crippen molar-refractivity contribution in [2.45, 2.75) is 25.8 Å². The summed E-state index contributed by atoms with van der Waals surface area (Å²) in [6, 6.07) is 16.6. The van der Waals surface area contributed by atoms with E-state index >= 15 is 0 Å². The number of hydrogen-bond donors (Lipinski definition) is 3. The minimum atomic E-state index is -0.612. The van der Waals surface area contributed by atoms with Gasteiger partial charge in [0.25, 0.3) is 5.91 Å². The number of nitrogens with one attached hydrogen (secondary N) is 3. The zero-order valence-corrected chi connectivity index (χ0v) is 16.2. The first-order valence-electron chi connectivity index (χ1n) is 9.78. The van der Waals surface area contributed by atoms with E-state index in [-0.39, 0.29) is 17.6 Å². The molecule has 0 fully saturated rings. The second-order valence-electron chi connectivity index (χ2n) is 6.98. The smallest absolute Gasteiger partial charge is 0.287 e. The Kier molecular flexibility index (Phi) is 5.33. The molecule has 4 rings (SSSR count). The summed E-state index contributed by atoms with van der Waals surface area (Å²) in [5.74, 6) is -0.382. The van der Waals surface area contributed by atoms with E-state index in [4.69, 9.17) is 4.42 Å². The number of rotatable bonds is 7. The summed E-state index contributed by atoms with van der Waals surface area (Å²) in [6.07, 6.45) is 3.17. The Labute approximate surface area is 168 Å². The largest absolute Gasteiger partial charge is 0.451 e. The number of para-hydroxylation sites is 2. The van der Waals surface area contributed by atoms with Gasteiger partial charge in [-0.3, -0.25) is 9.59 Å². The molecule has 0 unspecified atom stereocenters. The van der Waals surface area contributed by atoms with Crippen molar-refractivity contribution in [2.75, 3.05) is 6.54 Å². The van der Waals surface area contributed by atoms with E-state index in [0.717, 1.165) is 21.9 Å². The van der Waals surface area contributed by atoms with E-state index in [1.807, 2.05) is 49.5 Å². The number of furan rings is 1. The molecule has 0 aliphatic rings. The van der Waals surface area contributed by atoms with Gasteiger partial charge in [0.1, 0.15) is 11.6 Å². The van der Waals surface area contributed by atoms with Gasteiger partial charge in [0.05, 0.1) is 0 Å². The van der Waals surface area contributed by atoms with Crippen molar-refractivity contribution < 1.29 is 14.0 Å². The molecular formula is C23H23N3O3. The minimum Gasteiger partial charge on any atom is -0.451 e. The number of H-pyrrole nitrogens is 1. The fourth-order valence-electron chi connectivity index (χ4n) is 3.46. The van der Waals surface area contributed by atoms with Crippen LogP contribution >= 0.6 is 0 Å². The molecule has 0 spiro atoms. The molecule has 2 aromatic heterocycles. The quantitative estimate of drug-likeness (QED) is 0.449. The highest BCUT2D eigenvalue weighted by atomic mass is 16.3. The lowest BCUT2D eigenvalue weighted by atomic mass is 10.1. The monoisotopic (exact) mass is 389 g/mol. The minimum absolute atomic E-state index is 0.197. The molecule has 2 heterocycles. The van der Waals surface area contributed by atoms with Gasteiger partial charge in [-0.15, -0.1) is 0 Å². The van der Waals surface area contributed by atoms with Gasteiger partial charge in [0.2, 0.25) is 5.91 Å². The van der Waals surface area contributed by atoms with Gasteiger partial charge < -0.3 is 20.0 Å². The normalized spacial score (nSPS) is 12.2. The summed E-state index contributed by atoms with van der Waals surface area (Å²) in [5, 5.41) is 7.70. The van der Waals surface area contributed by atoms with Crippen molar-refractivity contribution in [1.29, 1.82) is 0 Å². The van der Waals surface area contributed by atoms with Gasteiger partial charge in [-0.2, -0.15) is 0 Å². The van der Waals surface area contributed by atoms with E-state index in [0.29, 0.717) is 25.0 Å². The standard InChI is InChI=1S/C23H23N3O3/c1-2-18(26-23(28)21-13-15-7-3-6-10-20(15)29-21)22(27)24-12-11-16-14-25-19-9-5-4-8-17(16)19/h3-10,13-14,18,25H,2,11-12H2,1H3,(H,24,27)(H,26,28)/t18-/m1/s1. The number of aromatic amines is 1. The van der Waals surface area contributed by atoms with Crippen LogP contribution in [0.25, 0.3) is 21.9 Å². The van der Waals surface area contributed by atoms with Crippen LogP contribution in [0.5, 0.6) is 0 Å². The summed E-state index contributed by atoms with van der Waals surface area (Å²) >= 11 is 0. The molecule has 2 aromatic carbocycles. The predicted octanol–water partition coefficient (Wildman–Crippen LogP) is 3.78. The van der Waals surface area contributed by atoms with Crippen LogP contribution in [0, 0.1) is 0 Å². The molecule has 4 aromatic rings. The third-order valence-electron chi connectivity index (χ3n) is 5.05. The van der Waals surface area contributed by atoms with Gasteiger partial charge in [0, 0.05) is 29.0 Å². The maximum Gasteiger partial charge on any atom is 0.287 e. The highest BCUT2D eigenvalue weighted by Gasteiger charge is 2.21. The molecule has 0 radical (unpaired) electrons. The van der Waals surface area contributed by atoms with Crippen LogP contribution in [0.15, 0.2) is 65.2 Å². The third-order valence-corrected chi connectivity index (χ3v) is 5.05. The summed E-state index contributed by atoms with van der Waals surface area (Å²) in [4.78, 5) is 28.3. The highest BCUT2D eigenvalue weighted by molar-refractivity contribution is 5.98. The molecule has 3 N–H and O–H groups in total. The Morgan fingerprint density at radius 2 is 1.90 bits per heavy atom. The zero-order chi connectivity index (χ0) is 20.2. The maximum atomic E-state index is 12.5. The van der Waals surface area contributed by atoms with Gasteiger partial charge in [-0.05, 0) is 36.6 Å². The third kappa shape index (κ3) is 4.01. The summed E-state index contributed by atoms with van der Waals surface area (Å²) in [6.45, 7) is 2.36. The number of carbonyl (C=O) groups is 2. The zero-order valence-electron chi connectivity index (χ0n) is 16.2. The van der Waals surface area contributed by atoms with Crippen LogP contribution in [0.1, 0.15) is 29.5 Å². The van der Waals surface area contributed by atoms with Gasteiger partial charge in [-0.25, -0.2) is 0 Å². The molecule has 0 aliphatic carbocycles. The average molecular weight is 389 g/mol. The van der Waals surface area contributed by atoms with Crippen molar-refractivity contribution in [1.82, 2.24) is 15.6 Å². The van der Waals surface area contributed by atoms with Crippen molar-refractivity contribution >= 4 is 33.7 Å². The van der Waals surface area contributed by atoms with Gasteiger partial charge in [0.15, 0.2) is 5.76 Å². The molecule has 2 amide bonds. The molecule has 0 saturated heterocycles. The van der Waals surface area contributed by atoms with E-state index in [2.05, 4.69) is 21.7 Å². The number of benzene rings is 2. The second kappa shape index (κ2) is 8.22. The van der Waals surface area contributed by atoms with Crippen LogP contribution in [0.3, 0.4) is 0 Å². The number of amides is 2. The van der Waals surface area contributed by atoms with Crippen LogP contribution in [0.2, 0.25) is 0 Å². The van der Waals surface area contributed by atoms with E-state index in [1.165, 1.54) is 0 Å². The van der Waals surface area contributed by atoms with Gasteiger partial charge in [-0.1, -0.05) is 43.3 Å². The highest BCUT2D eigenvalue weighted by Crippen LogP contribution is 2.19. The Morgan fingerprint density at radius 3 is 2.72 bits per heavy atom. The summed E-state index contributed by atoms with van der Waals surface area (Å²) in [7, 11) is 0. The van der Waals surface area contributed by atoms with E-state index in [9.17, 15) is 9.59 Å². The SMILES string of the molecule is CC[C@@H](NC(=O)c1cc2ccccc2o1)C(=O)NCCc1c[nH]c2ccccc12. The first kappa shape index (κ1) is 18.8. The molecule has 6 heteroatoms. The van der Waals surface area contributed by atoms with Crippen LogP contribution in [-0.2, 0) is 11.2 Å².